The smallest absolute Gasteiger partial charge is 0.222 e. The SMILES string of the molecule is Nc1nc(NCCCCc2cccc(Cn3ccc4nc(N)nc(NCc5ccccn5)c43)c2)c2c(ccn2Cc2ccsc2)n1. The lowest BCUT2D eigenvalue weighted by atomic mass is 10.1. The molecule has 0 spiro atoms. The highest BCUT2D eigenvalue weighted by atomic mass is 32.1. The fraction of sp³-hybridized carbons (Fsp3) is 0.206. The van der Waals surface area contributed by atoms with Crippen molar-refractivity contribution in [3.63, 3.8) is 0 Å². The van der Waals surface area contributed by atoms with Gasteiger partial charge in [-0.25, -0.2) is 9.97 Å². The predicted molar refractivity (Wildman–Crippen MR) is 186 cm³/mol. The molecule has 0 aliphatic carbocycles. The van der Waals surface area contributed by atoms with E-state index in [-0.39, 0.29) is 11.9 Å². The van der Waals surface area contributed by atoms with E-state index in [2.05, 4.69) is 85.8 Å². The van der Waals surface area contributed by atoms with Crippen molar-refractivity contribution < 1.29 is 0 Å². The molecule has 0 saturated heterocycles. The largest absolute Gasteiger partial charge is 0.368 e. The number of hydrogen-bond acceptors (Lipinski definition) is 10. The number of aromatic nitrogens is 7. The number of nitrogens with one attached hydrogen (secondary N) is 2. The maximum Gasteiger partial charge on any atom is 0.222 e. The lowest BCUT2D eigenvalue weighted by Gasteiger charge is -2.12. The van der Waals surface area contributed by atoms with Crippen LogP contribution in [-0.4, -0.2) is 40.6 Å². The zero-order valence-corrected chi connectivity index (χ0v) is 26.1. The minimum atomic E-state index is 0.241. The lowest BCUT2D eigenvalue weighted by Crippen LogP contribution is -2.09. The van der Waals surface area contributed by atoms with Crippen LogP contribution >= 0.6 is 11.3 Å². The van der Waals surface area contributed by atoms with Crippen LogP contribution in [0.2, 0.25) is 0 Å². The Balaban J connectivity index is 0.979. The molecule has 0 fully saturated rings. The molecule has 0 aliphatic heterocycles. The summed E-state index contributed by atoms with van der Waals surface area (Å²) in [6, 6.07) is 20.7. The zero-order chi connectivity index (χ0) is 31.3. The van der Waals surface area contributed by atoms with Crippen molar-refractivity contribution in [1.82, 2.24) is 34.1 Å². The summed E-state index contributed by atoms with van der Waals surface area (Å²) in [7, 11) is 0. The minimum absolute atomic E-state index is 0.241. The van der Waals surface area contributed by atoms with Gasteiger partial charge in [0.25, 0.3) is 0 Å². The van der Waals surface area contributed by atoms with Crippen molar-refractivity contribution in [3.05, 3.63) is 112 Å². The average Bonchev–Trinajstić information content (AvgIpc) is 3.82. The number of nitrogens with two attached hydrogens (primary N) is 2. The molecule has 0 aliphatic rings. The van der Waals surface area contributed by atoms with Crippen molar-refractivity contribution in [3.8, 4) is 0 Å². The van der Waals surface area contributed by atoms with Crippen molar-refractivity contribution in [2.45, 2.75) is 38.9 Å². The maximum absolute atomic E-state index is 6.03. The molecule has 1 aromatic carbocycles. The second-order valence-electron chi connectivity index (χ2n) is 11.2. The van der Waals surface area contributed by atoms with Crippen molar-refractivity contribution >= 4 is 56.9 Å². The Morgan fingerprint density at radius 1 is 0.696 bits per heavy atom. The van der Waals surface area contributed by atoms with E-state index >= 15 is 0 Å². The van der Waals surface area contributed by atoms with Crippen LogP contribution < -0.4 is 22.1 Å². The van der Waals surface area contributed by atoms with Gasteiger partial charge in [-0.2, -0.15) is 21.3 Å². The van der Waals surface area contributed by atoms with Gasteiger partial charge in [0.15, 0.2) is 11.6 Å². The van der Waals surface area contributed by atoms with Crippen molar-refractivity contribution in [2.24, 2.45) is 0 Å². The topological polar surface area (TPSA) is 150 Å². The molecule has 6 N–H and O–H groups in total. The Morgan fingerprint density at radius 2 is 1.41 bits per heavy atom. The van der Waals surface area contributed by atoms with Gasteiger partial charge in [0.1, 0.15) is 11.0 Å². The molecule has 11 nitrogen and oxygen atoms in total. The van der Waals surface area contributed by atoms with E-state index in [0.717, 1.165) is 65.9 Å². The van der Waals surface area contributed by atoms with Crippen molar-refractivity contribution in [2.75, 3.05) is 28.6 Å². The maximum atomic E-state index is 6.03. The number of benzene rings is 1. The van der Waals surface area contributed by atoms with Crippen LogP contribution in [0.1, 0.15) is 35.2 Å². The van der Waals surface area contributed by atoms with Gasteiger partial charge in [-0.3, -0.25) is 4.98 Å². The van der Waals surface area contributed by atoms with Gasteiger partial charge < -0.3 is 31.2 Å². The fourth-order valence-corrected chi connectivity index (χ4v) is 6.42. The summed E-state index contributed by atoms with van der Waals surface area (Å²) in [5.74, 6) is 2.00. The molecule has 0 radical (unpaired) electrons. The molecule has 232 valence electrons. The molecular weight excluding hydrogens is 595 g/mol. The molecule has 46 heavy (non-hydrogen) atoms. The number of aryl methyl sites for hydroxylation is 1. The van der Waals surface area contributed by atoms with Crippen LogP contribution in [0.4, 0.5) is 23.5 Å². The fourth-order valence-electron chi connectivity index (χ4n) is 5.76. The molecule has 0 amide bonds. The van der Waals surface area contributed by atoms with E-state index in [0.29, 0.717) is 18.9 Å². The van der Waals surface area contributed by atoms with E-state index in [9.17, 15) is 0 Å². The summed E-state index contributed by atoms with van der Waals surface area (Å²) in [4.78, 5) is 22.4. The van der Waals surface area contributed by atoms with Crippen LogP contribution in [0.3, 0.4) is 0 Å². The number of pyridine rings is 1. The van der Waals surface area contributed by atoms with Crippen LogP contribution in [0.15, 0.2) is 90.0 Å². The van der Waals surface area contributed by atoms with Crippen LogP contribution in [-0.2, 0) is 26.1 Å². The van der Waals surface area contributed by atoms with E-state index in [4.69, 9.17) is 11.5 Å². The number of anilines is 4. The van der Waals surface area contributed by atoms with E-state index in [1.54, 1.807) is 17.5 Å². The predicted octanol–water partition coefficient (Wildman–Crippen LogP) is 5.94. The average molecular weight is 630 g/mol. The Kier molecular flexibility index (Phi) is 8.42. The normalized spacial score (nSPS) is 11.4. The quantitative estimate of drug-likeness (QED) is 0.114. The first-order chi connectivity index (χ1) is 22.6. The minimum Gasteiger partial charge on any atom is -0.368 e. The summed E-state index contributed by atoms with van der Waals surface area (Å²) >= 11 is 1.70. The highest BCUT2D eigenvalue weighted by Gasteiger charge is 2.14. The van der Waals surface area contributed by atoms with Gasteiger partial charge in [0, 0.05) is 38.2 Å². The molecule has 7 aromatic rings. The summed E-state index contributed by atoms with van der Waals surface area (Å²) in [5.41, 5.74) is 20.3. The first kappa shape index (κ1) is 29.2. The molecular formula is C34H35N11S. The third-order valence-electron chi connectivity index (χ3n) is 7.88. The molecule has 0 atom stereocenters. The molecule has 6 heterocycles. The van der Waals surface area contributed by atoms with E-state index in [1.807, 2.05) is 42.7 Å². The van der Waals surface area contributed by atoms with Gasteiger partial charge in [0.2, 0.25) is 11.9 Å². The Bertz CT molecular complexity index is 2070. The zero-order valence-electron chi connectivity index (χ0n) is 25.3. The number of nitrogens with zero attached hydrogens (tertiary/aromatic N) is 7. The Labute approximate surface area is 270 Å². The number of unbranched alkanes of at least 4 members (excludes halogenated alkanes) is 1. The lowest BCUT2D eigenvalue weighted by molar-refractivity contribution is 0.757. The van der Waals surface area contributed by atoms with Crippen molar-refractivity contribution in [1.29, 1.82) is 0 Å². The van der Waals surface area contributed by atoms with Gasteiger partial charge in [0.05, 0.1) is 23.3 Å². The second-order valence-corrected chi connectivity index (χ2v) is 12.0. The molecule has 6 aromatic heterocycles. The van der Waals surface area contributed by atoms with Crippen LogP contribution in [0.25, 0.3) is 22.1 Å². The number of hydrogen-bond donors (Lipinski definition) is 4. The molecule has 12 heteroatoms. The van der Waals surface area contributed by atoms with E-state index < -0.39 is 0 Å². The number of nitrogen functional groups attached to an aromatic ring is 2. The molecule has 7 rings (SSSR count). The Morgan fingerprint density at radius 3 is 2.11 bits per heavy atom. The summed E-state index contributed by atoms with van der Waals surface area (Å²) in [5, 5.41) is 11.2. The number of rotatable bonds is 13. The summed E-state index contributed by atoms with van der Waals surface area (Å²) in [6.45, 7) is 2.80. The summed E-state index contributed by atoms with van der Waals surface area (Å²) < 4.78 is 4.35. The monoisotopic (exact) mass is 629 g/mol. The van der Waals surface area contributed by atoms with Crippen LogP contribution in [0.5, 0.6) is 0 Å². The highest BCUT2D eigenvalue weighted by molar-refractivity contribution is 7.07. The molecule has 0 saturated carbocycles. The molecule has 0 bridgehead atoms. The van der Waals surface area contributed by atoms with Gasteiger partial charge in [-0.15, -0.1) is 0 Å². The second kappa shape index (κ2) is 13.2. The third kappa shape index (κ3) is 6.61. The van der Waals surface area contributed by atoms with Gasteiger partial charge in [-0.05, 0) is 77.0 Å². The Hall–Kier alpha value is -5.49. The number of fused-ring (bicyclic) bond motifs is 2. The highest BCUT2D eigenvalue weighted by Crippen LogP contribution is 2.26. The molecule has 0 unspecified atom stereocenters. The van der Waals surface area contributed by atoms with Gasteiger partial charge in [-0.1, -0.05) is 30.3 Å². The first-order valence-corrected chi connectivity index (χ1v) is 16.2. The standard InChI is InChI=1S/C34H35N11S/c35-33-40-27-11-16-45(21-25-12-17-46-22-25)29(27)31(42-33)38-14-3-1-6-23-7-5-8-24(18-23)20-44-15-10-28-30(44)32(43-34(36)41-28)39-19-26-9-2-4-13-37-26/h2,4-5,7-13,15-18,22H,1,3,6,14,19-21H2,(H3,35,38,40,42)(H3,36,39,41,43). The van der Waals surface area contributed by atoms with E-state index in [1.165, 1.54) is 16.7 Å². The first-order valence-electron chi connectivity index (χ1n) is 15.3. The summed E-state index contributed by atoms with van der Waals surface area (Å²) in [6.07, 6.45) is 8.88. The third-order valence-corrected chi connectivity index (χ3v) is 8.61. The van der Waals surface area contributed by atoms with Gasteiger partial charge >= 0.3 is 0 Å². The number of thiophene rings is 1. The van der Waals surface area contributed by atoms with Crippen LogP contribution in [0, 0.1) is 0 Å².